The Morgan fingerprint density at radius 1 is 1.29 bits per heavy atom. The summed E-state index contributed by atoms with van der Waals surface area (Å²) >= 11 is 0. The van der Waals surface area contributed by atoms with E-state index in [2.05, 4.69) is 20.4 Å². The maximum Gasteiger partial charge on any atom is 0.265 e. The zero-order valence-electron chi connectivity index (χ0n) is 12.6. The van der Waals surface area contributed by atoms with Gasteiger partial charge in [-0.3, -0.25) is 14.6 Å². The highest BCUT2D eigenvalue weighted by Gasteiger charge is 2.18. The standard InChI is InChI=1S/C16H15N5O3/c22-10-13(11-5-2-1-3-6-11)19-14(23)12-9-17-16(20-15(12)24)21-8-4-7-18-21/h1-9,13,22H,10H2,(H,19,23)(H,17,20,24)/t13-/m1/s1. The minimum absolute atomic E-state index is 0.139. The number of H-pyrrole nitrogens is 1. The molecule has 3 N–H and O–H groups in total. The maximum atomic E-state index is 12.3. The molecular weight excluding hydrogens is 310 g/mol. The van der Waals surface area contributed by atoms with Crippen molar-refractivity contribution in [3.63, 3.8) is 0 Å². The monoisotopic (exact) mass is 325 g/mol. The summed E-state index contributed by atoms with van der Waals surface area (Å²) in [5.74, 6) is -0.401. The van der Waals surface area contributed by atoms with Gasteiger partial charge in [0.05, 0.1) is 12.6 Å². The second-order valence-electron chi connectivity index (χ2n) is 5.02. The number of aliphatic hydroxyl groups is 1. The molecule has 0 spiro atoms. The van der Waals surface area contributed by atoms with Crippen molar-refractivity contribution < 1.29 is 9.90 Å². The fraction of sp³-hybridized carbons (Fsp3) is 0.125. The van der Waals surface area contributed by atoms with Crippen molar-refractivity contribution in [3.05, 3.63) is 76.5 Å². The molecule has 1 atom stereocenters. The Kier molecular flexibility index (Phi) is 4.48. The predicted octanol–water partition coefficient (Wildman–Crippen LogP) is 0.419. The molecule has 2 aromatic heterocycles. The van der Waals surface area contributed by atoms with Gasteiger partial charge in [-0.15, -0.1) is 0 Å². The summed E-state index contributed by atoms with van der Waals surface area (Å²) in [6.45, 7) is -0.285. The van der Waals surface area contributed by atoms with Crippen LogP contribution in [-0.4, -0.2) is 37.4 Å². The van der Waals surface area contributed by atoms with Gasteiger partial charge in [-0.1, -0.05) is 30.3 Å². The lowest BCUT2D eigenvalue weighted by molar-refractivity contribution is 0.0914. The Morgan fingerprint density at radius 2 is 2.08 bits per heavy atom. The number of carbonyl (C=O) groups excluding carboxylic acids is 1. The van der Waals surface area contributed by atoms with Crippen LogP contribution in [0.1, 0.15) is 22.0 Å². The molecule has 3 aromatic rings. The molecule has 2 heterocycles. The molecule has 0 aliphatic rings. The van der Waals surface area contributed by atoms with Crippen LogP contribution in [0.2, 0.25) is 0 Å². The third kappa shape index (κ3) is 3.23. The first-order valence-corrected chi connectivity index (χ1v) is 7.25. The lowest BCUT2D eigenvalue weighted by atomic mass is 10.1. The number of carbonyl (C=O) groups is 1. The van der Waals surface area contributed by atoms with Crippen molar-refractivity contribution in [3.8, 4) is 5.95 Å². The molecule has 1 amide bonds. The smallest absolute Gasteiger partial charge is 0.265 e. The molecule has 0 bridgehead atoms. The zero-order chi connectivity index (χ0) is 16.9. The molecule has 3 rings (SSSR count). The first-order chi connectivity index (χ1) is 11.7. The van der Waals surface area contributed by atoms with Crippen LogP contribution in [0, 0.1) is 0 Å². The van der Waals surface area contributed by atoms with Crippen molar-refractivity contribution in [2.75, 3.05) is 6.61 Å². The number of hydrogen-bond donors (Lipinski definition) is 3. The lowest BCUT2D eigenvalue weighted by Crippen LogP contribution is -2.35. The average Bonchev–Trinajstić information content (AvgIpc) is 3.14. The van der Waals surface area contributed by atoms with Crippen LogP contribution < -0.4 is 10.9 Å². The van der Waals surface area contributed by atoms with E-state index in [-0.39, 0.29) is 18.1 Å². The molecule has 8 nitrogen and oxygen atoms in total. The van der Waals surface area contributed by atoms with Crippen molar-refractivity contribution in [2.45, 2.75) is 6.04 Å². The summed E-state index contributed by atoms with van der Waals surface area (Å²) in [6, 6.07) is 10.1. The summed E-state index contributed by atoms with van der Waals surface area (Å²) < 4.78 is 1.38. The average molecular weight is 325 g/mol. The second kappa shape index (κ2) is 6.88. The van der Waals surface area contributed by atoms with Gasteiger partial charge in [0.15, 0.2) is 0 Å². The molecule has 8 heteroatoms. The Labute approximate surface area is 136 Å². The summed E-state index contributed by atoms with van der Waals surface area (Å²) in [5, 5.41) is 16.1. The number of amides is 1. The van der Waals surface area contributed by atoms with Gasteiger partial charge in [0.25, 0.3) is 11.5 Å². The largest absolute Gasteiger partial charge is 0.394 e. The number of nitrogens with zero attached hydrogens (tertiary/aromatic N) is 3. The number of nitrogens with one attached hydrogen (secondary N) is 2. The van der Waals surface area contributed by atoms with Crippen molar-refractivity contribution >= 4 is 5.91 Å². The van der Waals surface area contributed by atoms with Crippen molar-refractivity contribution in [1.29, 1.82) is 0 Å². The van der Waals surface area contributed by atoms with Crippen LogP contribution in [0.4, 0.5) is 0 Å². The number of aliphatic hydroxyl groups excluding tert-OH is 1. The Hall–Kier alpha value is -3.26. The third-order valence-electron chi connectivity index (χ3n) is 3.44. The highest BCUT2D eigenvalue weighted by Crippen LogP contribution is 2.12. The van der Waals surface area contributed by atoms with E-state index in [9.17, 15) is 14.7 Å². The van der Waals surface area contributed by atoms with E-state index in [1.807, 2.05) is 6.07 Å². The first kappa shape index (κ1) is 15.6. The van der Waals surface area contributed by atoms with E-state index < -0.39 is 17.5 Å². The van der Waals surface area contributed by atoms with Crippen molar-refractivity contribution in [2.24, 2.45) is 0 Å². The highest BCUT2D eigenvalue weighted by atomic mass is 16.3. The van der Waals surface area contributed by atoms with Crippen LogP contribution >= 0.6 is 0 Å². The zero-order valence-corrected chi connectivity index (χ0v) is 12.6. The molecule has 24 heavy (non-hydrogen) atoms. The molecule has 0 saturated heterocycles. The minimum Gasteiger partial charge on any atom is -0.394 e. The van der Waals surface area contributed by atoms with Gasteiger partial charge < -0.3 is 10.4 Å². The number of aromatic amines is 1. The lowest BCUT2D eigenvalue weighted by Gasteiger charge is -2.16. The number of benzene rings is 1. The fourth-order valence-electron chi connectivity index (χ4n) is 2.21. The van der Waals surface area contributed by atoms with E-state index in [4.69, 9.17) is 0 Å². The molecule has 0 aliphatic heterocycles. The highest BCUT2D eigenvalue weighted by molar-refractivity contribution is 5.93. The molecule has 0 fully saturated rings. The van der Waals surface area contributed by atoms with Gasteiger partial charge >= 0.3 is 0 Å². The summed E-state index contributed by atoms with van der Waals surface area (Å²) in [4.78, 5) is 31.0. The predicted molar refractivity (Wildman–Crippen MR) is 85.7 cm³/mol. The summed E-state index contributed by atoms with van der Waals surface area (Å²) in [6.07, 6.45) is 4.35. The van der Waals surface area contributed by atoms with Crippen LogP contribution in [0.25, 0.3) is 5.95 Å². The fourth-order valence-corrected chi connectivity index (χ4v) is 2.21. The minimum atomic E-state index is -0.612. The van der Waals surface area contributed by atoms with Gasteiger partial charge in [0.1, 0.15) is 5.56 Å². The maximum absolute atomic E-state index is 12.3. The second-order valence-corrected chi connectivity index (χ2v) is 5.02. The van der Waals surface area contributed by atoms with E-state index in [1.165, 1.54) is 10.9 Å². The molecule has 1 aromatic carbocycles. The van der Waals surface area contributed by atoms with E-state index >= 15 is 0 Å². The van der Waals surface area contributed by atoms with Gasteiger partial charge in [-0.25, -0.2) is 9.67 Å². The van der Waals surface area contributed by atoms with E-state index in [0.29, 0.717) is 0 Å². The summed E-state index contributed by atoms with van der Waals surface area (Å²) in [7, 11) is 0. The van der Waals surface area contributed by atoms with Gasteiger partial charge in [0, 0.05) is 18.6 Å². The molecule has 0 aliphatic carbocycles. The Morgan fingerprint density at radius 3 is 2.71 bits per heavy atom. The quantitative estimate of drug-likeness (QED) is 0.629. The van der Waals surface area contributed by atoms with Crippen LogP contribution in [0.3, 0.4) is 0 Å². The number of rotatable bonds is 5. The van der Waals surface area contributed by atoms with Crippen LogP contribution in [-0.2, 0) is 0 Å². The SMILES string of the molecule is O=C(N[C@H](CO)c1ccccc1)c1cnc(-n2cccn2)[nH]c1=O. The Balaban J connectivity index is 1.81. The van der Waals surface area contributed by atoms with Gasteiger partial charge in [-0.05, 0) is 11.6 Å². The van der Waals surface area contributed by atoms with Crippen molar-refractivity contribution in [1.82, 2.24) is 25.1 Å². The number of hydrogen-bond acceptors (Lipinski definition) is 5. The van der Waals surface area contributed by atoms with Gasteiger partial charge in [-0.2, -0.15) is 5.10 Å². The van der Waals surface area contributed by atoms with Crippen LogP contribution in [0.5, 0.6) is 0 Å². The third-order valence-corrected chi connectivity index (χ3v) is 3.44. The topological polar surface area (TPSA) is 113 Å². The summed E-state index contributed by atoms with van der Waals surface area (Å²) in [5.41, 5.74) is 0.0175. The Bertz CT molecular complexity index is 874. The molecule has 0 saturated carbocycles. The van der Waals surface area contributed by atoms with E-state index in [1.54, 1.807) is 42.7 Å². The first-order valence-electron chi connectivity index (χ1n) is 7.25. The molecule has 0 unspecified atom stereocenters. The molecule has 122 valence electrons. The normalized spacial score (nSPS) is 11.9. The van der Waals surface area contributed by atoms with E-state index in [0.717, 1.165) is 5.56 Å². The van der Waals surface area contributed by atoms with Crippen LogP contribution in [0.15, 0.2) is 59.8 Å². The van der Waals surface area contributed by atoms with Gasteiger partial charge in [0.2, 0.25) is 5.95 Å². The number of aromatic nitrogens is 4. The molecular formula is C16H15N5O3. The molecule has 0 radical (unpaired) electrons.